The molecule has 1 saturated carbocycles. The molecule has 0 unspecified atom stereocenters. The molecule has 1 aliphatic carbocycles. The van der Waals surface area contributed by atoms with Crippen LogP contribution in [0.1, 0.15) is 109 Å². The van der Waals surface area contributed by atoms with E-state index in [9.17, 15) is 17.8 Å². The number of nitrogens with one attached hydrogen (secondary N) is 1. The van der Waals surface area contributed by atoms with Crippen molar-refractivity contribution in [2.45, 2.75) is 109 Å². The summed E-state index contributed by atoms with van der Waals surface area (Å²) in [5.74, 6) is 1.32. The predicted octanol–water partition coefficient (Wildman–Crippen LogP) is 5.16. The predicted molar refractivity (Wildman–Crippen MR) is 135 cm³/mol. The van der Waals surface area contributed by atoms with Gasteiger partial charge in [-0.05, 0) is 12.3 Å². The normalized spacial score (nSPS) is 14.7. The van der Waals surface area contributed by atoms with Crippen LogP contribution in [0.3, 0.4) is 0 Å². The number of amides is 1. The van der Waals surface area contributed by atoms with E-state index in [-0.39, 0.29) is 5.91 Å². The largest absolute Gasteiger partial charge is 0.726 e. The molecule has 8 heteroatoms. The lowest BCUT2D eigenvalue weighted by molar-refractivity contribution is -0.870. The van der Waals surface area contributed by atoms with Crippen LogP contribution >= 0.6 is 0 Å². The van der Waals surface area contributed by atoms with Gasteiger partial charge in [-0.25, -0.2) is 8.42 Å². The minimum Gasteiger partial charge on any atom is -0.726 e. The second-order valence-electron chi connectivity index (χ2n) is 10.5. The summed E-state index contributed by atoms with van der Waals surface area (Å²) in [7, 11) is 2.98. The van der Waals surface area contributed by atoms with Crippen molar-refractivity contribution in [3.8, 4) is 0 Å². The van der Waals surface area contributed by atoms with Crippen LogP contribution in [0, 0.1) is 5.92 Å². The summed E-state index contributed by atoms with van der Waals surface area (Å²) >= 11 is 0. The highest BCUT2D eigenvalue weighted by atomic mass is 32.3. The van der Waals surface area contributed by atoms with Crippen LogP contribution in [0.25, 0.3) is 0 Å². The highest BCUT2D eigenvalue weighted by Crippen LogP contribution is 2.29. The maximum atomic E-state index is 11.8. The Morgan fingerprint density at radius 3 is 1.79 bits per heavy atom. The van der Waals surface area contributed by atoms with Crippen molar-refractivity contribution in [1.29, 1.82) is 0 Å². The standard InChI is InChI=1S/C24H48N2O.CH4O4S/c1-26(2,3)22-16-21-25-24(27)20-13-11-9-7-5-4-6-8-10-12-17-23-18-14-15-19-23;1-5-6(2,3)4/h23H,4-22H2,1-3H3;1H3,(H,2,3,4). The van der Waals surface area contributed by atoms with Gasteiger partial charge in [0.05, 0.1) is 34.8 Å². The Balaban J connectivity index is 0.00000150. The van der Waals surface area contributed by atoms with Crippen molar-refractivity contribution >= 4 is 16.3 Å². The SMILES string of the molecule is COS(=O)(=O)[O-].C[N+](C)(C)CCCNC(=O)CCCCCCCCCCCCC1CCCC1. The molecule has 0 aliphatic heterocycles. The number of unbranched alkanes of at least 4 members (excludes halogenated alkanes) is 9. The van der Waals surface area contributed by atoms with Crippen molar-refractivity contribution in [2.75, 3.05) is 41.3 Å². The Labute approximate surface area is 204 Å². The number of hydrogen-bond donors (Lipinski definition) is 1. The van der Waals surface area contributed by atoms with E-state index in [4.69, 9.17) is 0 Å². The van der Waals surface area contributed by atoms with Crippen molar-refractivity contribution < 1.29 is 26.4 Å². The van der Waals surface area contributed by atoms with E-state index in [1.165, 1.54) is 89.9 Å². The average Bonchev–Trinajstić information content (AvgIpc) is 3.25. The molecule has 33 heavy (non-hydrogen) atoms. The first-order chi connectivity index (χ1) is 15.5. The highest BCUT2D eigenvalue weighted by Gasteiger charge is 2.13. The summed E-state index contributed by atoms with van der Waals surface area (Å²) in [5, 5.41) is 3.06. The number of rotatable bonds is 18. The zero-order chi connectivity index (χ0) is 25.0. The van der Waals surface area contributed by atoms with Gasteiger partial charge in [-0.1, -0.05) is 89.9 Å². The van der Waals surface area contributed by atoms with Gasteiger partial charge in [-0.2, -0.15) is 0 Å². The Hall–Kier alpha value is -0.700. The first-order valence-corrected chi connectivity index (χ1v) is 14.5. The molecular weight excluding hydrogens is 440 g/mol. The number of nitrogens with zero attached hydrogens (tertiary/aromatic N) is 1. The van der Waals surface area contributed by atoms with Crippen molar-refractivity contribution in [3.05, 3.63) is 0 Å². The first-order valence-electron chi connectivity index (χ1n) is 13.1. The monoisotopic (exact) mass is 492 g/mol. The van der Waals surface area contributed by atoms with Crippen LogP contribution in [0.4, 0.5) is 0 Å². The van der Waals surface area contributed by atoms with E-state index in [0.29, 0.717) is 6.42 Å². The molecule has 1 amide bonds. The van der Waals surface area contributed by atoms with Crippen LogP contribution in [0.2, 0.25) is 0 Å². The van der Waals surface area contributed by atoms with Gasteiger partial charge in [0.25, 0.3) is 0 Å². The maximum Gasteiger partial charge on any atom is 0.219 e. The van der Waals surface area contributed by atoms with Crippen LogP contribution < -0.4 is 5.32 Å². The number of carbonyl (C=O) groups excluding carboxylic acids is 1. The molecule has 0 aromatic carbocycles. The third-order valence-electron chi connectivity index (χ3n) is 6.27. The topological polar surface area (TPSA) is 95.5 Å². The molecule has 1 fully saturated rings. The van der Waals surface area contributed by atoms with Crippen LogP contribution in [0.15, 0.2) is 0 Å². The van der Waals surface area contributed by atoms with Gasteiger partial charge in [-0.15, -0.1) is 0 Å². The Morgan fingerprint density at radius 2 is 1.33 bits per heavy atom. The second-order valence-corrected chi connectivity index (χ2v) is 11.7. The minimum absolute atomic E-state index is 0.244. The lowest BCUT2D eigenvalue weighted by atomic mass is 9.99. The van der Waals surface area contributed by atoms with E-state index < -0.39 is 10.4 Å². The molecule has 0 atom stereocenters. The minimum atomic E-state index is -4.41. The molecular formula is C25H52N2O5S. The molecule has 1 rings (SSSR count). The summed E-state index contributed by atoms with van der Waals surface area (Å²) in [5.41, 5.74) is 0. The van der Waals surface area contributed by atoms with Crippen molar-refractivity contribution in [1.82, 2.24) is 5.32 Å². The zero-order valence-corrected chi connectivity index (χ0v) is 22.7. The van der Waals surface area contributed by atoms with E-state index in [0.717, 1.165) is 43.4 Å². The van der Waals surface area contributed by atoms with E-state index >= 15 is 0 Å². The molecule has 7 nitrogen and oxygen atoms in total. The molecule has 1 aliphatic rings. The summed E-state index contributed by atoms with van der Waals surface area (Å²) < 4.78 is 32.0. The van der Waals surface area contributed by atoms with Crippen LogP contribution in [-0.4, -0.2) is 64.7 Å². The molecule has 0 bridgehead atoms. The van der Waals surface area contributed by atoms with Gasteiger partial charge in [0.2, 0.25) is 16.3 Å². The fourth-order valence-corrected chi connectivity index (χ4v) is 4.30. The van der Waals surface area contributed by atoms with Gasteiger partial charge in [0, 0.05) is 19.4 Å². The third-order valence-corrected chi connectivity index (χ3v) is 6.68. The zero-order valence-electron chi connectivity index (χ0n) is 21.9. The average molecular weight is 493 g/mol. The smallest absolute Gasteiger partial charge is 0.219 e. The lowest BCUT2D eigenvalue weighted by Crippen LogP contribution is -2.37. The molecule has 198 valence electrons. The number of hydrogen-bond acceptors (Lipinski definition) is 5. The van der Waals surface area contributed by atoms with Crippen LogP contribution in [0.5, 0.6) is 0 Å². The lowest BCUT2D eigenvalue weighted by Gasteiger charge is -2.23. The summed E-state index contributed by atoms with van der Waals surface area (Å²) in [6, 6.07) is 0. The highest BCUT2D eigenvalue weighted by molar-refractivity contribution is 7.80. The molecule has 0 saturated heterocycles. The number of quaternary nitrogens is 1. The molecule has 0 radical (unpaired) electrons. The van der Waals surface area contributed by atoms with Crippen molar-refractivity contribution in [3.63, 3.8) is 0 Å². The maximum absolute atomic E-state index is 11.8. The van der Waals surface area contributed by atoms with E-state index in [2.05, 4.69) is 30.6 Å². The second kappa shape index (κ2) is 19.6. The van der Waals surface area contributed by atoms with E-state index in [1.807, 2.05) is 0 Å². The summed E-state index contributed by atoms with van der Waals surface area (Å²) in [6.45, 7) is 1.94. The molecule has 0 aromatic heterocycles. The van der Waals surface area contributed by atoms with Crippen molar-refractivity contribution in [2.24, 2.45) is 5.92 Å². The Kier molecular flexibility index (Phi) is 19.2. The fourth-order valence-electron chi connectivity index (χ4n) is 4.30. The van der Waals surface area contributed by atoms with Gasteiger partial charge in [-0.3, -0.25) is 8.98 Å². The quantitative estimate of drug-likeness (QED) is 0.123. The Bertz CT molecular complexity index is 570. The van der Waals surface area contributed by atoms with Crippen LogP contribution in [-0.2, 0) is 19.4 Å². The van der Waals surface area contributed by atoms with Gasteiger partial charge >= 0.3 is 0 Å². The molecule has 0 spiro atoms. The van der Waals surface area contributed by atoms with Gasteiger partial charge < -0.3 is 14.4 Å². The summed E-state index contributed by atoms with van der Waals surface area (Å²) in [6.07, 6.45) is 22.8. The van der Waals surface area contributed by atoms with Gasteiger partial charge in [0.15, 0.2) is 0 Å². The third kappa shape index (κ3) is 25.8. The molecule has 0 aromatic rings. The van der Waals surface area contributed by atoms with Gasteiger partial charge in [0.1, 0.15) is 0 Å². The summed E-state index contributed by atoms with van der Waals surface area (Å²) in [4.78, 5) is 11.8. The molecule has 1 N–H and O–H groups in total. The first kappa shape index (κ1) is 32.3. The fraction of sp³-hybridized carbons (Fsp3) is 0.960. The van der Waals surface area contributed by atoms with E-state index in [1.54, 1.807) is 0 Å². The molecule has 0 heterocycles. The number of carbonyl (C=O) groups is 1. The Morgan fingerprint density at radius 1 is 0.879 bits per heavy atom.